The van der Waals surface area contributed by atoms with E-state index in [-0.39, 0.29) is 5.78 Å². The predicted octanol–water partition coefficient (Wildman–Crippen LogP) is 1.87. The third-order valence-corrected chi connectivity index (χ3v) is 3.33. The molecule has 0 atom stereocenters. The fourth-order valence-electron chi connectivity index (χ4n) is 1.09. The van der Waals surface area contributed by atoms with E-state index in [2.05, 4.69) is 25.4 Å². The van der Waals surface area contributed by atoms with Crippen LogP contribution >= 0.6 is 27.5 Å². The zero-order chi connectivity index (χ0) is 10.1. The van der Waals surface area contributed by atoms with Gasteiger partial charge < -0.3 is 0 Å². The van der Waals surface area contributed by atoms with E-state index in [4.69, 9.17) is 0 Å². The zero-order valence-electron chi connectivity index (χ0n) is 7.27. The molecule has 0 aliphatic heterocycles. The minimum Gasteiger partial charge on any atom is -0.285 e. The van der Waals surface area contributed by atoms with Crippen molar-refractivity contribution in [2.45, 2.75) is 0 Å². The van der Waals surface area contributed by atoms with Gasteiger partial charge in [0.25, 0.3) is 0 Å². The van der Waals surface area contributed by atoms with Crippen LogP contribution in [0.1, 0.15) is 16.2 Å². The summed E-state index contributed by atoms with van der Waals surface area (Å²) in [6, 6.07) is 1.67. The molecule has 0 aliphatic rings. The van der Waals surface area contributed by atoms with Crippen molar-refractivity contribution < 1.29 is 4.79 Å². The first-order chi connectivity index (χ1) is 6.70. The third-order valence-electron chi connectivity index (χ3n) is 1.80. The number of halogens is 1. The molecule has 0 radical (unpaired) electrons. The second-order valence-corrected chi connectivity index (χ2v) is 4.16. The van der Waals surface area contributed by atoms with Crippen LogP contribution in [0.15, 0.2) is 22.1 Å². The maximum atomic E-state index is 11.9. The molecule has 2 rings (SSSR count). The fraction of sp³-hybridized carbons (Fsp3) is 0.125. The van der Waals surface area contributed by atoms with Crippen molar-refractivity contribution >= 4 is 33.2 Å². The van der Waals surface area contributed by atoms with Gasteiger partial charge in [-0.2, -0.15) is 9.47 Å². The van der Waals surface area contributed by atoms with Gasteiger partial charge in [0.15, 0.2) is 0 Å². The first-order valence-corrected chi connectivity index (χ1v) is 5.45. The van der Waals surface area contributed by atoms with Gasteiger partial charge in [-0.15, -0.1) is 0 Å². The zero-order valence-corrected chi connectivity index (χ0v) is 9.67. The van der Waals surface area contributed by atoms with Gasteiger partial charge in [0.1, 0.15) is 11.4 Å². The Hall–Kier alpha value is -1.01. The summed E-state index contributed by atoms with van der Waals surface area (Å²) in [7, 11) is 1.73. The smallest absolute Gasteiger partial charge is 0.231 e. The fourth-order valence-corrected chi connectivity index (χ4v) is 2.27. The van der Waals surface area contributed by atoms with Crippen molar-refractivity contribution in [1.29, 1.82) is 0 Å². The number of aromatic nitrogens is 3. The van der Waals surface area contributed by atoms with Crippen LogP contribution in [0.5, 0.6) is 0 Å². The predicted molar refractivity (Wildman–Crippen MR) is 56.5 cm³/mol. The van der Waals surface area contributed by atoms with Crippen molar-refractivity contribution in [1.82, 2.24) is 14.2 Å². The highest BCUT2D eigenvalue weighted by Gasteiger charge is 2.17. The molecule has 4 nitrogen and oxygen atoms in total. The molecule has 14 heavy (non-hydrogen) atoms. The van der Waals surface area contributed by atoms with Gasteiger partial charge in [-0.25, -0.2) is 0 Å². The van der Waals surface area contributed by atoms with E-state index in [1.165, 1.54) is 16.2 Å². The second kappa shape index (κ2) is 3.62. The molecule has 0 aliphatic carbocycles. The Balaban J connectivity index is 2.44. The first-order valence-electron chi connectivity index (χ1n) is 3.82. The molecule has 0 unspecified atom stereocenters. The van der Waals surface area contributed by atoms with Crippen LogP contribution in [0.3, 0.4) is 0 Å². The maximum Gasteiger partial charge on any atom is 0.231 e. The summed E-state index contributed by atoms with van der Waals surface area (Å²) in [5.41, 5.74) is 0.982. The highest BCUT2D eigenvalue weighted by Crippen LogP contribution is 2.20. The molecular weight excluding hydrogens is 266 g/mol. The van der Waals surface area contributed by atoms with Gasteiger partial charge in [-0.1, -0.05) is 0 Å². The Morgan fingerprint density at radius 2 is 2.43 bits per heavy atom. The SMILES string of the molecule is Cn1nccc1C(=O)c1nscc1Br. The Kier molecular flexibility index (Phi) is 2.47. The monoisotopic (exact) mass is 271 g/mol. The molecule has 6 heteroatoms. The molecule has 0 saturated heterocycles. The summed E-state index contributed by atoms with van der Waals surface area (Å²) in [5.74, 6) is -0.113. The lowest BCUT2D eigenvalue weighted by Gasteiger charge is -1.97. The van der Waals surface area contributed by atoms with E-state index >= 15 is 0 Å². The number of nitrogens with zero attached hydrogens (tertiary/aromatic N) is 3. The number of hydrogen-bond donors (Lipinski definition) is 0. The summed E-state index contributed by atoms with van der Waals surface area (Å²) in [4.78, 5) is 11.9. The van der Waals surface area contributed by atoms with Crippen LogP contribution in [0.25, 0.3) is 0 Å². The first kappa shape index (κ1) is 9.54. The molecule has 2 aromatic heterocycles. The number of carbonyl (C=O) groups is 1. The second-order valence-electron chi connectivity index (χ2n) is 2.68. The van der Waals surface area contributed by atoms with Crippen molar-refractivity contribution in [3.05, 3.63) is 33.5 Å². The summed E-state index contributed by atoms with van der Waals surface area (Å²) in [5, 5.41) is 5.71. The quantitative estimate of drug-likeness (QED) is 0.784. The minimum atomic E-state index is -0.113. The van der Waals surface area contributed by atoms with Crippen LogP contribution in [-0.2, 0) is 7.05 Å². The Morgan fingerprint density at radius 3 is 2.93 bits per heavy atom. The molecule has 0 spiro atoms. The third kappa shape index (κ3) is 1.51. The molecule has 2 aromatic rings. The number of hydrogen-bond acceptors (Lipinski definition) is 4. The van der Waals surface area contributed by atoms with Crippen LogP contribution in [-0.4, -0.2) is 19.9 Å². The van der Waals surface area contributed by atoms with Crippen molar-refractivity contribution in [3.63, 3.8) is 0 Å². The van der Waals surface area contributed by atoms with E-state index in [0.717, 1.165) is 4.47 Å². The number of ketones is 1. The topological polar surface area (TPSA) is 47.8 Å². The minimum absolute atomic E-state index is 0.113. The van der Waals surface area contributed by atoms with Gasteiger partial charge in [0.2, 0.25) is 5.78 Å². The summed E-state index contributed by atoms with van der Waals surface area (Å²) < 4.78 is 6.28. The Bertz CT molecular complexity index is 434. The van der Waals surface area contributed by atoms with Crippen LogP contribution in [0.4, 0.5) is 0 Å². The Morgan fingerprint density at radius 1 is 1.64 bits per heavy atom. The van der Waals surface area contributed by atoms with Crippen LogP contribution in [0, 0.1) is 0 Å². The van der Waals surface area contributed by atoms with E-state index in [1.54, 1.807) is 24.7 Å². The van der Waals surface area contributed by atoms with E-state index in [1.807, 2.05) is 0 Å². The lowest BCUT2D eigenvalue weighted by Crippen LogP contribution is -2.08. The molecule has 0 bridgehead atoms. The van der Waals surface area contributed by atoms with Gasteiger partial charge in [0.05, 0.1) is 4.47 Å². The average Bonchev–Trinajstić information content (AvgIpc) is 2.73. The standard InChI is InChI=1S/C8H6BrN3OS/c1-12-6(2-3-10-12)8(13)7-5(9)4-14-11-7/h2-4H,1H3. The van der Waals surface area contributed by atoms with E-state index in [9.17, 15) is 4.79 Å². The van der Waals surface area contributed by atoms with Crippen LogP contribution < -0.4 is 0 Å². The van der Waals surface area contributed by atoms with Gasteiger partial charge in [0, 0.05) is 18.6 Å². The number of carbonyl (C=O) groups excluding carboxylic acids is 1. The molecule has 0 amide bonds. The largest absolute Gasteiger partial charge is 0.285 e. The molecule has 2 heterocycles. The van der Waals surface area contributed by atoms with Crippen molar-refractivity contribution in [2.75, 3.05) is 0 Å². The molecular formula is C8H6BrN3OS. The number of aryl methyl sites for hydroxylation is 1. The summed E-state index contributed by atoms with van der Waals surface area (Å²) in [6.07, 6.45) is 1.59. The lowest BCUT2D eigenvalue weighted by molar-refractivity contribution is 0.102. The average molecular weight is 272 g/mol. The Labute approximate surface area is 92.9 Å². The van der Waals surface area contributed by atoms with E-state index in [0.29, 0.717) is 11.4 Å². The number of rotatable bonds is 2. The molecule has 0 fully saturated rings. The van der Waals surface area contributed by atoms with Gasteiger partial charge >= 0.3 is 0 Å². The molecule has 0 saturated carbocycles. The maximum absolute atomic E-state index is 11.9. The van der Waals surface area contributed by atoms with Crippen LogP contribution in [0.2, 0.25) is 0 Å². The molecule has 0 N–H and O–H groups in total. The normalized spacial score (nSPS) is 10.4. The van der Waals surface area contributed by atoms with Crippen molar-refractivity contribution in [2.24, 2.45) is 7.05 Å². The van der Waals surface area contributed by atoms with Crippen molar-refractivity contribution in [3.8, 4) is 0 Å². The molecule has 0 aromatic carbocycles. The highest BCUT2D eigenvalue weighted by atomic mass is 79.9. The highest BCUT2D eigenvalue weighted by molar-refractivity contribution is 9.10. The van der Waals surface area contributed by atoms with Gasteiger partial charge in [-0.05, 0) is 33.5 Å². The summed E-state index contributed by atoms with van der Waals surface area (Å²) in [6.45, 7) is 0. The lowest BCUT2D eigenvalue weighted by atomic mass is 10.2. The van der Waals surface area contributed by atoms with E-state index < -0.39 is 0 Å². The van der Waals surface area contributed by atoms with Gasteiger partial charge in [-0.3, -0.25) is 9.48 Å². The summed E-state index contributed by atoms with van der Waals surface area (Å²) >= 11 is 4.52. The molecule has 72 valence electrons.